The molecule has 0 aromatic rings. The normalized spacial score (nSPS) is 32.7. The number of aliphatic hydroxyl groups excluding tert-OH is 1. The van der Waals surface area contributed by atoms with E-state index in [0.717, 1.165) is 30.3 Å². The number of hydrogen-bond acceptors (Lipinski definition) is 3. The monoisotopic (exact) mass is 460 g/mol. The van der Waals surface area contributed by atoms with Gasteiger partial charge < -0.3 is 14.9 Å². The van der Waals surface area contributed by atoms with Gasteiger partial charge in [0.25, 0.3) is 0 Å². The molecule has 6 atom stereocenters. The highest BCUT2D eigenvalue weighted by molar-refractivity contribution is 7.96. The van der Waals surface area contributed by atoms with Gasteiger partial charge in [0.1, 0.15) is 12.2 Å². The summed E-state index contributed by atoms with van der Waals surface area (Å²) in [7, 11) is 6.13. The van der Waals surface area contributed by atoms with Crippen LogP contribution in [0.4, 0.5) is 0 Å². The van der Waals surface area contributed by atoms with Crippen LogP contribution >= 0.6 is 20.7 Å². The first-order valence-electron chi connectivity index (χ1n) is 10.6. The molecular formula is C22H44BO3P3. The van der Waals surface area contributed by atoms with E-state index >= 15 is 0 Å². The fourth-order valence-corrected chi connectivity index (χ4v) is 20.8. The lowest BCUT2D eigenvalue weighted by atomic mass is 9.74. The maximum atomic E-state index is 10.8. The summed E-state index contributed by atoms with van der Waals surface area (Å²) in [5.74, 6) is 1.30. The molecule has 0 aromatic heterocycles. The molecule has 0 saturated heterocycles. The second kappa shape index (κ2) is 9.21. The minimum Gasteiger partial charge on any atom is -0.388 e. The number of aliphatic hydroxyl groups is 2. The average Bonchev–Trinajstić information content (AvgIpc) is 2.75. The van der Waals surface area contributed by atoms with Gasteiger partial charge in [-0.05, 0) is 69.1 Å². The summed E-state index contributed by atoms with van der Waals surface area (Å²) in [6.07, 6.45) is 15.5. The quantitative estimate of drug-likeness (QED) is 0.282. The molecule has 29 heavy (non-hydrogen) atoms. The van der Waals surface area contributed by atoms with E-state index in [1.165, 1.54) is 0 Å². The third-order valence-corrected chi connectivity index (χ3v) is 23.2. The van der Waals surface area contributed by atoms with Crippen molar-refractivity contribution in [2.45, 2.75) is 70.5 Å². The van der Waals surface area contributed by atoms with Crippen LogP contribution in [-0.2, 0) is 4.74 Å². The molecule has 1 aliphatic rings. The van der Waals surface area contributed by atoms with Crippen molar-refractivity contribution in [3.63, 3.8) is 0 Å². The van der Waals surface area contributed by atoms with Gasteiger partial charge in [-0.25, -0.2) is 0 Å². The van der Waals surface area contributed by atoms with Crippen molar-refractivity contribution in [1.82, 2.24) is 0 Å². The molecule has 1 saturated carbocycles. The van der Waals surface area contributed by atoms with Crippen LogP contribution in [0.1, 0.15) is 41.5 Å². The van der Waals surface area contributed by atoms with Gasteiger partial charge in [0.05, 0.1) is 18.8 Å². The van der Waals surface area contributed by atoms with Crippen molar-refractivity contribution in [3.05, 3.63) is 12.2 Å². The molecule has 0 bridgehead atoms. The van der Waals surface area contributed by atoms with E-state index in [9.17, 15) is 10.2 Å². The summed E-state index contributed by atoms with van der Waals surface area (Å²) in [5.41, 5.74) is -0.903. The summed E-state index contributed by atoms with van der Waals surface area (Å²) in [6.45, 7) is 14.1. The molecule has 0 aliphatic heterocycles. The fourth-order valence-electron chi connectivity index (χ4n) is 3.94. The van der Waals surface area contributed by atoms with Gasteiger partial charge in [-0.15, -0.1) is 26.4 Å². The molecule has 0 aromatic carbocycles. The number of ether oxygens (including phenoxy) is 1. The topological polar surface area (TPSA) is 49.7 Å². The summed E-state index contributed by atoms with van der Waals surface area (Å²) >= 11 is 0. The Kier molecular flexibility index (Phi) is 8.78. The molecule has 1 fully saturated rings. The van der Waals surface area contributed by atoms with Crippen LogP contribution in [0.2, 0.25) is 5.82 Å². The Morgan fingerprint density at radius 1 is 1.10 bits per heavy atom. The Morgan fingerprint density at radius 3 is 1.93 bits per heavy atom. The minimum absolute atomic E-state index is 0.548. The molecule has 0 amide bonds. The second-order valence-electron chi connectivity index (χ2n) is 10.0. The molecule has 3 nitrogen and oxygen atoms in total. The minimum atomic E-state index is -1.91. The molecule has 1 rings (SSSR count). The Labute approximate surface area is 182 Å². The lowest BCUT2D eigenvalue weighted by Crippen LogP contribution is -2.44. The Morgan fingerprint density at radius 2 is 1.59 bits per heavy atom. The van der Waals surface area contributed by atoms with E-state index in [2.05, 4.69) is 60.5 Å². The predicted octanol–water partition coefficient (Wildman–Crippen LogP) is 4.70. The van der Waals surface area contributed by atoms with Crippen LogP contribution in [-0.4, -0.2) is 97.1 Å². The van der Waals surface area contributed by atoms with E-state index < -0.39 is 49.6 Å². The van der Waals surface area contributed by atoms with E-state index in [-0.39, 0.29) is 0 Å². The van der Waals surface area contributed by atoms with Crippen molar-refractivity contribution in [2.24, 2.45) is 0 Å². The van der Waals surface area contributed by atoms with Crippen LogP contribution in [0.5, 0.6) is 0 Å². The Balaban J connectivity index is 3.40. The Hall–Kier alpha value is 0.585. The molecule has 7 heteroatoms. The van der Waals surface area contributed by atoms with Gasteiger partial charge >= 0.3 is 0 Å². The lowest BCUT2D eigenvalue weighted by molar-refractivity contribution is -0.112. The first-order valence-corrected chi connectivity index (χ1v) is 18.2. The lowest BCUT2D eigenvalue weighted by Gasteiger charge is -2.47. The van der Waals surface area contributed by atoms with Crippen LogP contribution < -0.4 is 0 Å². The number of hydrogen-bond donors (Lipinski definition) is 2. The summed E-state index contributed by atoms with van der Waals surface area (Å²) in [5, 5.41) is 20.8. The highest BCUT2D eigenvalue weighted by Gasteiger charge is 2.53. The smallest absolute Gasteiger partial charge is 0.112 e. The van der Waals surface area contributed by atoms with Crippen molar-refractivity contribution in [1.29, 1.82) is 0 Å². The summed E-state index contributed by atoms with van der Waals surface area (Å²) in [6, 6.07) is 0. The van der Waals surface area contributed by atoms with Crippen LogP contribution in [0.25, 0.3) is 0 Å². The zero-order valence-corrected chi connectivity index (χ0v) is 22.5. The number of rotatable bonds is 10. The van der Waals surface area contributed by atoms with Crippen molar-refractivity contribution in [2.75, 3.05) is 37.0 Å². The highest BCUT2D eigenvalue weighted by Crippen LogP contribution is 2.73. The predicted molar refractivity (Wildman–Crippen MR) is 144 cm³/mol. The summed E-state index contributed by atoms with van der Waals surface area (Å²) in [4.78, 5) is 0. The van der Waals surface area contributed by atoms with Crippen molar-refractivity contribution < 1.29 is 14.9 Å². The Bertz CT molecular complexity index is 748. The van der Waals surface area contributed by atoms with Crippen LogP contribution in [0.15, 0.2) is 12.2 Å². The van der Waals surface area contributed by atoms with E-state index in [1.807, 2.05) is 0 Å². The zero-order valence-electron chi connectivity index (χ0n) is 19.8. The molecule has 6 unspecified atom stereocenters. The molecule has 1 aliphatic carbocycles. The second-order valence-corrected chi connectivity index (χ2v) is 23.5. The highest BCUT2D eigenvalue weighted by atomic mass is 31.2. The van der Waals surface area contributed by atoms with Gasteiger partial charge in [0.2, 0.25) is 0 Å². The van der Waals surface area contributed by atoms with E-state index in [1.54, 1.807) is 6.92 Å². The van der Waals surface area contributed by atoms with Crippen molar-refractivity contribution in [3.8, 4) is 0 Å². The largest absolute Gasteiger partial charge is 0.388 e. The molecule has 2 radical (unpaired) electrons. The average molecular weight is 460 g/mol. The fraction of sp³-hybridized carbons (Fsp3) is 0.773. The zero-order chi connectivity index (χ0) is 23.1. The molecule has 0 heterocycles. The van der Waals surface area contributed by atoms with E-state index in [0.29, 0.717) is 5.57 Å². The molecule has 0 spiro atoms. The SMILES string of the molecule is [B]C1C(=C)C(OC(C)(C)P(=C)(CP(=C)(C)CC)CP(=C)(CC)CC)C(O)C1(C)O. The van der Waals surface area contributed by atoms with Gasteiger partial charge in [-0.2, -0.15) is 0 Å². The van der Waals surface area contributed by atoms with Gasteiger partial charge in [-0.3, -0.25) is 0 Å². The third kappa shape index (κ3) is 5.69. The summed E-state index contributed by atoms with van der Waals surface area (Å²) < 4.78 is 6.60. The van der Waals surface area contributed by atoms with Crippen LogP contribution in [0, 0.1) is 0 Å². The van der Waals surface area contributed by atoms with Crippen LogP contribution in [0.3, 0.4) is 0 Å². The third-order valence-electron chi connectivity index (χ3n) is 7.13. The van der Waals surface area contributed by atoms with Gasteiger partial charge in [0.15, 0.2) is 0 Å². The molecular weight excluding hydrogens is 416 g/mol. The molecule has 168 valence electrons. The van der Waals surface area contributed by atoms with Crippen molar-refractivity contribution >= 4 is 47.4 Å². The van der Waals surface area contributed by atoms with Gasteiger partial charge in [-0.1, -0.05) is 40.5 Å². The standard InChI is InChI=1S/C22H44BO3P3/c1-12-27(8,9)15-29(11,16-28(10,13-2)14-3)21(5,6)26-18-17(4)19(23)22(7,25)20(18)24/h18-20,24-25H,4,8,10-16H2,1-3,5-7,9H3. The van der Waals surface area contributed by atoms with Gasteiger partial charge in [0, 0.05) is 0 Å². The maximum Gasteiger partial charge on any atom is 0.112 e. The van der Waals surface area contributed by atoms with E-state index in [4.69, 9.17) is 18.9 Å². The first kappa shape index (κ1) is 27.6. The first-order chi connectivity index (χ1) is 12.9. The maximum absolute atomic E-state index is 10.8. The molecule has 2 N–H and O–H groups in total.